The van der Waals surface area contributed by atoms with Gasteiger partial charge in [0.2, 0.25) is 10.0 Å². The van der Waals surface area contributed by atoms with Crippen LogP contribution >= 0.6 is 0 Å². The number of rotatable bonds is 3. The van der Waals surface area contributed by atoms with Gasteiger partial charge in [0, 0.05) is 31.6 Å². The lowest BCUT2D eigenvalue weighted by molar-refractivity contribution is 0.0696. The number of hydrogen-bond acceptors (Lipinski definition) is 4. The lowest BCUT2D eigenvalue weighted by atomic mass is 9.93. The average molecular weight is 405 g/mol. The molecule has 0 saturated carbocycles. The Hall–Kier alpha value is -2.12. The number of benzene rings is 1. The van der Waals surface area contributed by atoms with E-state index in [9.17, 15) is 13.2 Å². The summed E-state index contributed by atoms with van der Waals surface area (Å²) in [4.78, 5) is 14.9. The van der Waals surface area contributed by atoms with Crippen LogP contribution in [0.3, 0.4) is 0 Å². The number of sulfonamides is 1. The van der Waals surface area contributed by atoms with Gasteiger partial charge in [0.25, 0.3) is 5.91 Å². The van der Waals surface area contributed by atoms with E-state index in [2.05, 4.69) is 0 Å². The highest BCUT2D eigenvalue weighted by Gasteiger charge is 2.32. The van der Waals surface area contributed by atoms with E-state index in [1.54, 1.807) is 36.1 Å². The lowest BCUT2D eigenvalue weighted by Gasteiger charge is -2.34. The molecule has 152 valence electrons. The summed E-state index contributed by atoms with van der Waals surface area (Å²) < 4.78 is 32.9. The number of nitrogens with zero attached hydrogens (tertiary/aromatic N) is 2. The van der Waals surface area contributed by atoms with Gasteiger partial charge in [-0.25, -0.2) is 8.42 Å². The smallest absolute Gasteiger partial charge is 0.257 e. The molecule has 1 aliphatic rings. The molecule has 6 nitrogen and oxygen atoms in total. The molecular formula is C21H28N2O4S. The van der Waals surface area contributed by atoms with E-state index >= 15 is 0 Å². The normalized spacial score (nSPS) is 16.4. The van der Waals surface area contributed by atoms with Gasteiger partial charge in [0.05, 0.1) is 10.5 Å². The highest BCUT2D eigenvalue weighted by Crippen LogP contribution is 2.28. The summed E-state index contributed by atoms with van der Waals surface area (Å²) in [7, 11) is -3.54. The molecule has 1 fully saturated rings. The van der Waals surface area contributed by atoms with E-state index in [-0.39, 0.29) is 24.4 Å². The Labute approximate surface area is 167 Å². The molecule has 1 aromatic heterocycles. The molecule has 28 heavy (non-hydrogen) atoms. The number of furan rings is 1. The minimum absolute atomic E-state index is 0.107. The summed E-state index contributed by atoms with van der Waals surface area (Å²) >= 11 is 0. The van der Waals surface area contributed by atoms with Crippen LogP contribution in [0.15, 0.2) is 39.6 Å². The number of amides is 1. The van der Waals surface area contributed by atoms with Gasteiger partial charge in [0.15, 0.2) is 0 Å². The van der Waals surface area contributed by atoms with Crippen LogP contribution in [0.5, 0.6) is 0 Å². The molecule has 3 rings (SSSR count). The first kappa shape index (κ1) is 20.6. The highest BCUT2D eigenvalue weighted by atomic mass is 32.2. The Kier molecular flexibility index (Phi) is 5.42. The zero-order valence-electron chi connectivity index (χ0n) is 17.2. The molecule has 0 N–H and O–H groups in total. The Morgan fingerprint density at radius 3 is 2.07 bits per heavy atom. The standard InChI is InChI=1S/C21H28N2O4S/c1-15-6-8-17(9-7-15)28(25,26)23-12-10-22(11-13-23)20(24)18-14-19(21(3,4)5)27-16(18)2/h6-9,14H,10-13H2,1-5H3. The third-order valence-corrected chi connectivity index (χ3v) is 6.98. The molecule has 1 saturated heterocycles. The lowest BCUT2D eigenvalue weighted by Crippen LogP contribution is -2.50. The van der Waals surface area contributed by atoms with Crippen molar-refractivity contribution in [1.82, 2.24) is 9.21 Å². The predicted molar refractivity (Wildman–Crippen MR) is 108 cm³/mol. The third-order valence-electron chi connectivity index (χ3n) is 5.07. The number of carbonyl (C=O) groups is 1. The van der Waals surface area contributed by atoms with E-state index < -0.39 is 10.0 Å². The monoisotopic (exact) mass is 404 g/mol. The first-order valence-electron chi connectivity index (χ1n) is 9.47. The first-order valence-corrected chi connectivity index (χ1v) is 10.9. The molecule has 7 heteroatoms. The molecule has 0 atom stereocenters. The minimum Gasteiger partial charge on any atom is -0.465 e. The van der Waals surface area contributed by atoms with E-state index in [1.807, 2.05) is 33.8 Å². The van der Waals surface area contributed by atoms with Gasteiger partial charge in [-0.1, -0.05) is 38.5 Å². The fourth-order valence-electron chi connectivity index (χ4n) is 3.23. The molecule has 1 aromatic carbocycles. The van der Waals surface area contributed by atoms with Crippen LogP contribution in [0.2, 0.25) is 0 Å². The zero-order chi connectivity index (χ0) is 20.7. The van der Waals surface area contributed by atoms with Crippen LogP contribution in [0.25, 0.3) is 0 Å². The fraction of sp³-hybridized carbons (Fsp3) is 0.476. The highest BCUT2D eigenvalue weighted by molar-refractivity contribution is 7.89. The Morgan fingerprint density at radius 1 is 1.00 bits per heavy atom. The molecule has 0 spiro atoms. The summed E-state index contributed by atoms with van der Waals surface area (Å²) in [5.41, 5.74) is 1.39. The molecule has 0 bridgehead atoms. The largest absolute Gasteiger partial charge is 0.465 e. The second-order valence-corrected chi connectivity index (χ2v) is 10.3. The van der Waals surface area contributed by atoms with Crippen molar-refractivity contribution in [2.24, 2.45) is 0 Å². The summed E-state index contributed by atoms with van der Waals surface area (Å²) in [6, 6.07) is 8.66. The number of carbonyl (C=O) groups excluding carboxylic acids is 1. The number of aryl methyl sites for hydroxylation is 2. The van der Waals surface area contributed by atoms with Gasteiger partial charge in [-0.3, -0.25) is 4.79 Å². The van der Waals surface area contributed by atoms with Crippen molar-refractivity contribution >= 4 is 15.9 Å². The van der Waals surface area contributed by atoms with Crippen LogP contribution in [0.4, 0.5) is 0 Å². The van der Waals surface area contributed by atoms with Gasteiger partial charge in [-0.15, -0.1) is 0 Å². The van der Waals surface area contributed by atoms with Gasteiger partial charge in [0.1, 0.15) is 11.5 Å². The SMILES string of the molecule is Cc1ccc(S(=O)(=O)N2CCN(C(=O)c3cc(C(C)(C)C)oc3C)CC2)cc1. The molecule has 2 aromatic rings. The van der Waals surface area contributed by atoms with Crippen molar-refractivity contribution in [3.63, 3.8) is 0 Å². The molecule has 0 radical (unpaired) electrons. The average Bonchev–Trinajstić information content (AvgIpc) is 3.04. The Morgan fingerprint density at radius 2 is 1.57 bits per heavy atom. The quantitative estimate of drug-likeness (QED) is 0.787. The van der Waals surface area contributed by atoms with E-state index in [0.717, 1.165) is 11.3 Å². The minimum atomic E-state index is -3.54. The Bertz CT molecular complexity index is 961. The van der Waals surface area contributed by atoms with E-state index in [0.29, 0.717) is 29.3 Å². The van der Waals surface area contributed by atoms with Crippen molar-refractivity contribution in [2.75, 3.05) is 26.2 Å². The van der Waals surface area contributed by atoms with Crippen LogP contribution in [-0.2, 0) is 15.4 Å². The van der Waals surface area contributed by atoms with Crippen molar-refractivity contribution in [1.29, 1.82) is 0 Å². The van der Waals surface area contributed by atoms with Crippen molar-refractivity contribution in [3.8, 4) is 0 Å². The van der Waals surface area contributed by atoms with E-state index in [1.165, 1.54) is 4.31 Å². The van der Waals surface area contributed by atoms with E-state index in [4.69, 9.17) is 4.42 Å². The van der Waals surface area contributed by atoms with Crippen LogP contribution < -0.4 is 0 Å². The second kappa shape index (κ2) is 7.37. The summed E-state index contributed by atoms with van der Waals surface area (Å²) in [5, 5.41) is 0. The van der Waals surface area contributed by atoms with Crippen molar-refractivity contribution in [2.45, 2.75) is 44.9 Å². The van der Waals surface area contributed by atoms with Crippen molar-refractivity contribution < 1.29 is 17.6 Å². The fourth-order valence-corrected chi connectivity index (χ4v) is 4.65. The molecular weight excluding hydrogens is 376 g/mol. The molecule has 1 amide bonds. The van der Waals surface area contributed by atoms with Crippen molar-refractivity contribution in [3.05, 3.63) is 53.0 Å². The maximum atomic E-state index is 12.9. The van der Waals surface area contributed by atoms with Crippen LogP contribution in [0, 0.1) is 13.8 Å². The van der Waals surface area contributed by atoms with Gasteiger partial charge >= 0.3 is 0 Å². The Balaban J connectivity index is 1.71. The molecule has 0 unspecified atom stereocenters. The summed E-state index contributed by atoms with van der Waals surface area (Å²) in [6.45, 7) is 11.1. The second-order valence-electron chi connectivity index (χ2n) is 8.34. The molecule has 2 heterocycles. The first-order chi connectivity index (χ1) is 13.0. The third kappa shape index (κ3) is 4.00. The van der Waals surface area contributed by atoms with Gasteiger partial charge in [-0.05, 0) is 32.0 Å². The maximum Gasteiger partial charge on any atom is 0.257 e. The van der Waals surface area contributed by atoms with Gasteiger partial charge in [-0.2, -0.15) is 4.31 Å². The molecule has 1 aliphatic heterocycles. The van der Waals surface area contributed by atoms with Crippen LogP contribution in [0.1, 0.15) is 48.2 Å². The zero-order valence-corrected chi connectivity index (χ0v) is 18.0. The van der Waals surface area contributed by atoms with Crippen LogP contribution in [-0.4, -0.2) is 49.7 Å². The number of hydrogen-bond donors (Lipinski definition) is 0. The maximum absolute atomic E-state index is 12.9. The number of piperazine rings is 1. The predicted octanol–water partition coefficient (Wildman–Crippen LogP) is 3.34. The summed E-state index contributed by atoms with van der Waals surface area (Å²) in [6.07, 6.45) is 0. The molecule has 0 aliphatic carbocycles. The topological polar surface area (TPSA) is 70.8 Å². The van der Waals surface area contributed by atoms with Gasteiger partial charge < -0.3 is 9.32 Å². The summed E-state index contributed by atoms with van der Waals surface area (Å²) in [5.74, 6) is 1.27.